The second kappa shape index (κ2) is 8.00. The Bertz CT molecular complexity index is 989. The monoisotopic (exact) mass is 382 g/mol. The molecule has 0 unspecified atom stereocenters. The van der Waals surface area contributed by atoms with Crippen LogP contribution in [0, 0.1) is 19.8 Å². The molecule has 2 amide bonds. The minimum Gasteiger partial charge on any atom is -0.427 e. The fourth-order valence-corrected chi connectivity index (χ4v) is 3.44. The third kappa shape index (κ3) is 4.32. The number of aryl methyl sites for hydroxylation is 4. The predicted molar refractivity (Wildman–Crippen MR) is 109 cm³/mol. The highest BCUT2D eigenvalue weighted by Gasteiger charge is 2.22. The van der Waals surface area contributed by atoms with Crippen molar-refractivity contribution in [1.29, 1.82) is 0 Å². The molecule has 0 saturated carbocycles. The van der Waals surface area contributed by atoms with Crippen molar-refractivity contribution in [2.24, 2.45) is 5.92 Å². The molecule has 1 aromatic carbocycles. The molecule has 148 valence electrons. The van der Waals surface area contributed by atoms with Crippen molar-refractivity contribution in [3.05, 3.63) is 56.6 Å². The fourth-order valence-electron chi connectivity index (χ4n) is 3.44. The maximum Gasteiger partial charge on any atom is 0.349 e. The molecule has 2 heterocycles. The summed E-state index contributed by atoms with van der Waals surface area (Å²) in [6.45, 7) is 7.87. The molecule has 6 nitrogen and oxygen atoms in total. The summed E-state index contributed by atoms with van der Waals surface area (Å²) in [5, 5.41) is 5.61. The Hall–Kier alpha value is -2.89. The quantitative estimate of drug-likeness (QED) is 0.819. The average Bonchev–Trinajstić information content (AvgIpc) is 2.60. The average molecular weight is 382 g/mol. The van der Waals surface area contributed by atoms with E-state index in [9.17, 15) is 14.4 Å². The second-order valence-electron chi connectivity index (χ2n) is 7.84. The Morgan fingerprint density at radius 2 is 1.93 bits per heavy atom. The molecule has 2 N–H and O–H groups in total. The molecule has 28 heavy (non-hydrogen) atoms. The second-order valence-corrected chi connectivity index (χ2v) is 7.84. The van der Waals surface area contributed by atoms with E-state index in [4.69, 9.17) is 4.42 Å². The molecule has 0 spiro atoms. The molecular formula is C22H26N2O4. The third-order valence-electron chi connectivity index (χ3n) is 4.89. The van der Waals surface area contributed by atoms with E-state index in [1.807, 2.05) is 13.0 Å². The predicted octanol–water partition coefficient (Wildman–Crippen LogP) is 3.98. The standard InChI is InChI=1S/C22H26N2O4/c1-12(2)5-7-16-11-14(4)19(22(27)28-16)21(26)23-17-10-13(3)9-15-6-8-18(25)24-20(15)17/h9-12H,5-8H2,1-4H3,(H,23,26)(H,24,25). The van der Waals surface area contributed by atoms with Gasteiger partial charge in [0.05, 0.1) is 11.4 Å². The molecule has 0 saturated heterocycles. The lowest BCUT2D eigenvalue weighted by molar-refractivity contribution is -0.116. The van der Waals surface area contributed by atoms with Crippen molar-refractivity contribution in [1.82, 2.24) is 0 Å². The zero-order valence-corrected chi connectivity index (χ0v) is 16.8. The van der Waals surface area contributed by atoms with Gasteiger partial charge >= 0.3 is 5.63 Å². The van der Waals surface area contributed by atoms with Crippen molar-refractivity contribution < 1.29 is 14.0 Å². The van der Waals surface area contributed by atoms with Crippen LogP contribution in [0.15, 0.2) is 27.4 Å². The highest BCUT2D eigenvalue weighted by atomic mass is 16.4. The van der Waals surface area contributed by atoms with Crippen LogP contribution < -0.4 is 16.3 Å². The molecule has 0 atom stereocenters. The number of carbonyl (C=O) groups excluding carboxylic acids is 2. The molecule has 1 aliphatic rings. The molecule has 1 aliphatic heterocycles. The Balaban J connectivity index is 1.89. The fraction of sp³-hybridized carbons (Fsp3) is 0.409. The topological polar surface area (TPSA) is 88.4 Å². The van der Waals surface area contributed by atoms with Crippen LogP contribution in [0.1, 0.15) is 59.5 Å². The number of fused-ring (bicyclic) bond motifs is 1. The summed E-state index contributed by atoms with van der Waals surface area (Å²) in [4.78, 5) is 37.1. The Morgan fingerprint density at radius 3 is 2.61 bits per heavy atom. The molecule has 0 bridgehead atoms. The van der Waals surface area contributed by atoms with Crippen LogP contribution >= 0.6 is 0 Å². The van der Waals surface area contributed by atoms with E-state index in [2.05, 4.69) is 24.5 Å². The Labute approximate surface area is 164 Å². The molecule has 3 rings (SSSR count). The Kier molecular flexibility index (Phi) is 5.68. The van der Waals surface area contributed by atoms with Gasteiger partial charge in [0.1, 0.15) is 11.3 Å². The lowest BCUT2D eigenvalue weighted by Gasteiger charge is -2.21. The van der Waals surface area contributed by atoms with Crippen LogP contribution in [0.25, 0.3) is 0 Å². The van der Waals surface area contributed by atoms with Gasteiger partial charge in [-0.1, -0.05) is 19.9 Å². The Morgan fingerprint density at radius 1 is 1.18 bits per heavy atom. The van der Waals surface area contributed by atoms with E-state index in [-0.39, 0.29) is 11.5 Å². The van der Waals surface area contributed by atoms with Crippen LogP contribution in [-0.2, 0) is 17.6 Å². The molecule has 1 aromatic heterocycles. The summed E-state index contributed by atoms with van der Waals surface area (Å²) >= 11 is 0. The molecule has 2 aromatic rings. The summed E-state index contributed by atoms with van der Waals surface area (Å²) in [6.07, 6.45) is 2.61. The lowest BCUT2D eigenvalue weighted by atomic mass is 9.99. The van der Waals surface area contributed by atoms with Gasteiger partial charge in [-0.3, -0.25) is 9.59 Å². The molecule has 0 fully saturated rings. The first-order valence-electron chi connectivity index (χ1n) is 9.63. The van der Waals surface area contributed by atoms with Crippen molar-refractivity contribution in [3.8, 4) is 0 Å². The van der Waals surface area contributed by atoms with Crippen molar-refractivity contribution in [2.45, 2.75) is 53.4 Å². The minimum absolute atomic E-state index is 0.00862. The van der Waals surface area contributed by atoms with Gasteiger partial charge in [-0.05, 0) is 61.4 Å². The van der Waals surface area contributed by atoms with Crippen LogP contribution in [0.2, 0.25) is 0 Å². The number of hydrogen-bond acceptors (Lipinski definition) is 4. The molecular weight excluding hydrogens is 356 g/mol. The highest BCUT2D eigenvalue weighted by Crippen LogP contribution is 2.32. The lowest BCUT2D eigenvalue weighted by Crippen LogP contribution is -2.25. The van der Waals surface area contributed by atoms with Gasteiger partial charge in [-0.2, -0.15) is 0 Å². The van der Waals surface area contributed by atoms with Crippen molar-refractivity contribution >= 4 is 23.2 Å². The third-order valence-corrected chi connectivity index (χ3v) is 4.89. The summed E-state index contributed by atoms with van der Waals surface area (Å²) < 4.78 is 5.37. The zero-order valence-electron chi connectivity index (χ0n) is 16.8. The molecule has 0 radical (unpaired) electrons. The van der Waals surface area contributed by atoms with Gasteiger partial charge in [-0.25, -0.2) is 4.79 Å². The van der Waals surface area contributed by atoms with E-state index in [0.717, 1.165) is 17.5 Å². The number of benzene rings is 1. The first-order valence-corrected chi connectivity index (χ1v) is 9.63. The van der Waals surface area contributed by atoms with Gasteiger partial charge in [0.25, 0.3) is 5.91 Å². The first-order chi connectivity index (χ1) is 13.2. The van der Waals surface area contributed by atoms with Crippen LogP contribution in [-0.4, -0.2) is 11.8 Å². The van der Waals surface area contributed by atoms with E-state index >= 15 is 0 Å². The van der Waals surface area contributed by atoms with Crippen molar-refractivity contribution in [3.63, 3.8) is 0 Å². The van der Waals surface area contributed by atoms with E-state index in [0.29, 0.717) is 47.9 Å². The van der Waals surface area contributed by atoms with Crippen molar-refractivity contribution in [2.75, 3.05) is 10.6 Å². The zero-order chi connectivity index (χ0) is 20.4. The number of anilines is 2. The van der Waals surface area contributed by atoms with Crippen LogP contribution in [0.4, 0.5) is 11.4 Å². The van der Waals surface area contributed by atoms with E-state index < -0.39 is 11.5 Å². The summed E-state index contributed by atoms with van der Waals surface area (Å²) in [5.74, 6) is 0.468. The van der Waals surface area contributed by atoms with Gasteiger partial charge in [-0.15, -0.1) is 0 Å². The van der Waals surface area contributed by atoms with Crippen LogP contribution in [0.3, 0.4) is 0 Å². The smallest absolute Gasteiger partial charge is 0.349 e. The first kappa shape index (κ1) is 19.9. The number of hydrogen-bond donors (Lipinski definition) is 2. The van der Waals surface area contributed by atoms with Gasteiger partial charge in [0, 0.05) is 12.8 Å². The largest absolute Gasteiger partial charge is 0.427 e. The van der Waals surface area contributed by atoms with Gasteiger partial charge in [0.15, 0.2) is 0 Å². The summed E-state index contributed by atoms with van der Waals surface area (Å²) in [5.41, 5.74) is 2.98. The number of amides is 2. The summed E-state index contributed by atoms with van der Waals surface area (Å²) in [7, 11) is 0. The number of nitrogens with one attached hydrogen (secondary N) is 2. The molecule has 6 heteroatoms. The SMILES string of the molecule is Cc1cc2c(c(NC(=O)c3c(C)cc(CCC(C)C)oc3=O)c1)NC(=O)CC2. The van der Waals surface area contributed by atoms with Crippen LogP contribution in [0.5, 0.6) is 0 Å². The normalized spacial score (nSPS) is 13.2. The summed E-state index contributed by atoms with van der Waals surface area (Å²) in [6, 6.07) is 5.54. The van der Waals surface area contributed by atoms with Gasteiger partial charge in [0.2, 0.25) is 5.91 Å². The van der Waals surface area contributed by atoms with E-state index in [1.165, 1.54) is 0 Å². The number of rotatable bonds is 5. The highest BCUT2D eigenvalue weighted by molar-refractivity contribution is 6.08. The molecule has 0 aliphatic carbocycles. The maximum absolute atomic E-state index is 12.8. The minimum atomic E-state index is -0.637. The maximum atomic E-state index is 12.8. The van der Waals surface area contributed by atoms with E-state index in [1.54, 1.807) is 19.1 Å². The number of carbonyl (C=O) groups is 2. The van der Waals surface area contributed by atoms with Gasteiger partial charge < -0.3 is 15.1 Å².